The molecule has 0 amide bonds. The zero-order valence-electron chi connectivity index (χ0n) is 12.9. The van der Waals surface area contributed by atoms with E-state index in [1.165, 1.54) is 22.1 Å². The zero-order chi connectivity index (χ0) is 14.9. The number of nitrogens with zero attached hydrogens (tertiary/aromatic N) is 1. The molecule has 0 fully saturated rings. The molecule has 1 aromatic heterocycles. The Labute approximate surface area is 126 Å². The van der Waals surface area contributed by atoms with Crippen molar-refractivity contribution in [3.63, 3.8) is 0 Å². The van der Waals surface area contributed by atoms with Gasteiger partial charge >= 0.3 is 0 Å². The van der Waals surface area contributed by atoms with E-state index in [0.717, 1.165) is 11.9 Å². The van der Waals surface area contributed by atoms with Gasteiger partial charge in [0, 0.05) is 17.1 Å². The van der Waals surface area contributed by atoms with Gasteiger partial charge in [0.05, 0.1) is 5.52 Å². The van der Waals surface area contributed by atoms with E-state index in [2.05, 4.69) is 74.3 Å². The molecular formula is C20H21N. The van der Waals surface area contributed by atoms with Crippen molar-refractivity contribution in [2.75, 3.05) is 0 Å². The van der Waals surface area contributed by atoms with Crippen LogP contribution in [0.3, 0.4) is 0 Å². The second-order valence-corrected chi connectivity index (χ2v) is 6.82. The minimum atomic E-state index is 0.322. The van der Waals surface area contributed by atoms with Crippen molar-refractivity contribution in [2.45, 2.75) is 27.2 Å². The van der Waals surface area contributed by atoms with Gasteiger partial charge in [-0.15, -0.1) is 0 Å². The van der Waals surface area contributed by atoms with Crippen LogP contribution in [-0.2, 0) is 6.42 Å². The molecule has 0 N–H and O–H groups in total. The van der Waals surface area contributed by atoms with Gasteiger partial charge in [-0.3, -0.25) is 4.98 Å². The molecule has 0 aliphatic heterocycles. The predicted octanol–water partition coefficient (Wildman–Crippen LogP) is 5.49. The second-order valence-electron chi connectivity index (χ2n) is 6.82. The standard InChI is InChI=1S/C20H21N/c1-20(2,3)14-15-9-11-16(12-10-15)18-8-4-6-17-7-5-13-21-19(17)18/h4-13H,14H2,1-3H3. The molecule has 0 aliphatic carbocycles. The third-order valence-electron chi connectivity index (χ3n) is 3.63. The minimum Gasteiger partial charge on any atom is -0.256 e. The van der Waals surface area contributed by atoms with E-state index in [-0.39, 0.29) is 0 Å². The van der Waals surface area contributed by atoms with Crippen LogP contribution in [0.2, 0.25) is 0 Å². The summed E-state index contributed by atoms with van der Waals surface area (Å²) < 4.78 is 0. The minimum absolute atomic E-state index is 0.322. The lowest BCUT2D eigenvalue weighted by Gasteiger charge is -2.18. The number of hydrogen-bond donors (Lipinski definition) is 0. The van der Waals surface area contributed by atoms with E-state index in [1.54, 1.807) is 0 Å². The van der Waals surface area contributed by atoms with E-state index in [9.17, 15) is 0 Å². The Balaban J connectivity index is 2.00. The fourth-order valence-corrected chi connectivity index (χ4v) is 2.75. The van der Waals surface area contributed by atoms with Crippen molar-refractivity contribution in [2.24, 2.45) is 5.41 Å². The van der Waals surface area contributed by atoms with Gasteiger partial charge in [0.15, 0.2) is 0 Å². The summed E-state index contributed by atoms with van der Waals surface area (Å²) in [5.74, 6) is 0. The summed E-state index contributed by atoms with van der Waals surface area (Å²) in [6, 6.07) is 19.4. The highest BCUT2D eigenvalue weighted by Gasteiger charge is 2.11. The molecule has 1 heterocycles. The molecule has 0 unspecified atom stereocenters. The van der Waals surface area contributed by atoms with Gasteiger partial charge in [0.25, 0.3) is 0 Å². The molecule has 106 valence electrons. The van der Waals surface area contributed by atoms with Crippen LogP contribution in [0.1, 0.15) is 26.3 Å². The smallest absolute Gasteiger partial charge is 0.0780 e. The van der Waals surface area contributed by atoms with Gasteiger partial charge in [-0.05, 0) is 29.0 Å². The molecule has 0 bridgehead atoms. The maximum absolute atomic E-state index is 4.54. The van der Waals surface area contributed by atoms with Crippen molar-refractivity contribution in [3.05, 3.63) is 66.4 Å². The first-order valence-electron chi connectivity index (χ1n) is 7.46. The van der Waals surface area contributed by atoms with Gasteiger partial charge in [-0.1, -0.05) is 69.3 Å². The van der Waals surface area contributed by atoms with Crippen molar-refractivity contribution >= 4 is 10.9 Å². The molecule has 0 spiro atoms. The molecule has 0 saturated heterocycles. The van der Waals surface area contributed by atoms with Crippen LogP contribution in [0.4, 0.5) is 0 Å². The lowest BCUT2D eigenvalue weighted by molar-refractivity contribution is 0.411. The quantitative estimate of drug-likeness (QED) is 0.602. The average molecular weight is 275 g/mol. The van der Waals surface area contributed by atoms with Gasteiger partial charge in [-0.25, -0.2) is 0 Å². The Kier molecular flexibility index (Phi) is 3.50. The number of aromatic nitrogens is 1. The van der Waals surface area contributed by atoms with E-state index >= 15 is 0 Å². The van der Waals surface area contributed by atoms with Crippen molar-refractivity contribution in [3.8, 4) is 11.1 Å². The lowest BCUT2D eigenvalue weighted by Crippen LogP contribution is -2.08. The summed E-state index contributed by atoms with van der Waals surface area (Å²) in [5.41, 5.74) is 5.22. The van der Waals surface area contributed by atoms with Crippen LogP contribution < -0.4 is 0 Å². The van der Waals surface area contributed by atoms with Gasteiger partial charge in [-0.2, -0.15) is 0 Å². The van der Waals surface area contributed by atoms with E-state index in [0.29, 0.717) is 5.41 Å². The largest absolute Gasteiger partial charge is 0.256 e. The third-order valence-corrected chi connectivity index (χ3v) is 3.63. The molecule has 0 radical (unpaired) electrons. The molecule has 3 aromatic rings. The fraction of sp³-hybridized carbons (Fsp3) is 0.250. The van der Waals surface area contributed by atoms with E-state index in [1.807, 2.05) is 12.3 Å². The molecular weight excluding hydrogens is 254 g/mol. The van der Waals surface area contributed by atoms with Crippen molar-refractivity contribution in [1.82, 2.24) is 4.98 Å². The van der Waals surface area contributed by atoms with Gasteiger partial charge in [0.2, 0.25) is 0 Å². The first kappa shape index (κ1) is 13.8. The summed E-state index contributed by atoms with van der Waals surface area (Å²) in [6.07, 6.45) is 2.96. The Morgan fingerprint density at radius 2 is 1.57 bits per heavy atom. The van der Waals surface area contributed by atoms with Crippen molar-refractivity contribution in [1.29, 1.82) is 0 Å². The summed E-state index contributed by atoms with van der Waals surface area (Å²) in [4.78, 5) is 4.54. The highest BCUT2D eigenvalue weighted by atomic mass is 14.6. The van der Waals surface area contributed by atoms with Crippen LogP contribution >= 0.6 is 0 Å². The molecule has 21 heavy (non-hydrogen) atoms. The van der Waals surface area contributed by atoms with Crippen molar-refractivity contribution < 1.29 is 0 Å². The SMILES string of the molecule is CC(C)(C)Cc1ccc(-c2cccc3cccnc23)cc1. The van der Waals surface area contributed by atoms with E-state index < -0.39 is 0 Å². The maximum Gasteiger partial charge on any atom is 0.0780 e. The summed E-state index contributed by atoms with van der Waals surface area (Å²) in [5, 5.41) is 1.19. The van der Waals surface area contributed by atoms with E-state index in [4.69, 9.17) is 0 Å². The predicted molar refractivity (Wildman–Crippen MR) is 90.3 cm³/mol. The number of para-hydroxylation sites is 1. The lowest BCUT2D eigenvalue weighted by atomic mass is 9.87. The molecule has 1 nitrogen and oxygen atoms in total. The van der Waals surface area contributed by atoms with Crippen LogP contribution in [0.5, 0.6) is 0 Å². The molecule has 0 saturated carbocycles. The average Bonchev–Trinajstić information content (AvgIpc) is 2.46. The van der Waals surface area contributed by atoms with Gasteiger partial charge in [0.1, 0.15) is 0 Å². The summed E-state index contributed by atoms with van der Waals surface area (Å²) in [7, 11) is 0. The van der Waals surface area contributed by atoms with Crippen LogP contribution in [0, 0.1) is 5.41 Å². The zero-order valence-corrected chi connectivity index (χ0v) is 12.9. The molecule has 0 atom stereocenters. The number of pyridine rings is 1. The van der Waals surface area contributed by atoms with Gasteiger partial charge < -0.3 is 0 Å². The third kappa shape index (κ3) is 3.13. The molecule has 2 aromatic carbocycles. The summed E-state index contributed by atoms with van der Waals surface area (Å²) in [6.45, 7) is 6.82. The Hall–Kier alpha value is -2.15. The normalized spacial score (nSPS) is 11.8. The number of benzene rings is 2. The fourth-order valence-electron chi connectivity index (χ4n) is 2.75. The number of hydrogen-bond acceptors (Lipinski definition) is 1. The first-order valence-corrected chi connectivity index (χ1v) is 7.46. The highest BCUT2D eigenvalue weighted by molar-refractivity contribution is 5.93. The monoisotopic (exact) mass is 275 g/mol. The Bertz CT molecular complexity index is 743. The first-order chi connectivity index (χ1) is 10.0. The second kappa shape index (κ2) is 5.33. The summed E-state index contributed by atoms with van der Waals surface area (Å²) >= 11 is 0. The number of rotatable bonds is 2. The van der Waals surface area contributed by atoms with Crippen LogP contribution in [-0.4, -0.2) is 4.98 Å². The van der Waals surface area contributed by atoms with Crippen LogP contribution in [0.25, 0.3) is 22.0 Å². The van der Waals surface area contributed by atoms with Crippen LogP contribution in [0.15, 0.2) is 60.8 Å². The highest BCUT2D eigenvalue weighted by Crippen LogP contribution is 2.28. The maximum atomic E-state index is 4.54. The number of fused-ring (bicyclic) bond motifs is 1. The topological polar surface area (TPSA) is 12.9 Å². The molecule has 0 aliphatic rings. The molecule has 1 heteroatoms. The Morgan fingerprint density at radius 3 is 2.29 bits per heavy atom. The Morgan fingerprint density at radius 1 is 0.857 bits per heavy atom. The molecule has 3 rings (SSSR count).